The number of nitrogens with zero attached hydrogens (tertiary/aromatic N) is 3. The average molecular weight is 390 g/mol. The fourth-order valence-electron chi connectivity index (χ4n) is 7.33. The molecule has 0 unspecified atom stereocenters. The summed E-state index contributed by atoms with van der Waals surface area (Å²) >= 11 is 0. The summed E-state index contributed by atoms with van der Waals surface area (Å²) in [5, 5.41) is 0. The Hall–Kier alpha value is -0.120. The molecule has 0 radical (unpaired) electrons. The van der Waals surface area contributed by atoms with Gasteiger partial charge in [0.15, 0.2) is 0 Å². The summed E-state index contributed by atoms with van der Waals surface area (Å²) in [5.74, 6) is 0.869. The third kappa shape index (κ3) is 4.78. The van der Waals surface area contributed by atoms with Crippen LogP contribution in [0, 0.1) is 22.2 Å². The maximum atomic E-state index is 2.83. The summed E-state index contributed by atoms with van der Waals surface area (Å²) in [6.07, 6.45) is 10.4. The molecule has 3 nitrogen and oxygen atoms in total. The molecule has 0 aromatic heterocycles. The van der Waals surface area contributed by atoms with Gasteiger partial charge in [0.2, 0.25) is 0 Å². The highest BCUT2D eigenvalue weighted by Crippen LogP contribution is 2.60. The number of hydrogen-bond donors (Lipinski definition) is 0. The van der Waals surface area contributed by atoms with Crippen molar-refractivity contribution in [3.63, 3.8) is 0 Å². The molecule has 0 N–H and O–H groups in total. The monoisotopic (exact) mass is 389 g/mol. The predicted molar refractivity (Wildman–Crippen MR) is 120 cm³/mol. The Balaban J connectivity index is 1.19. The Morgan fingerprint density at radius 3 is 1.79 bits per heavy atom. The van der Waals surface area contributed by atoms with Crippen LogP contribution >= 0.6 is 0 Å². The van der Waals surface area contributed by atoms with Crippen LogP contribution in [-0.4, -0.2) is 73.1 Å². The molecule has 4 aliphatic rings. The molecular weight excluding hydrogens is 342 g/mol. The summed E-state index contributed by atoms with van der Waals surface area (Å²) in [7, 11) is 0. The Labute approximate surface area is 175 Å². The van der Waals surface area contributed by atoms with Crippen LogP contribution in [0.25, 0.3) is 0 Å². The molecule has 0 atom stereocenters. The van der Waals surface area contributed by atoms with Crippen molar-refractivity contribution >= 4 is 0 Å². The quantitative estimate of drug-likeness (QED) is 0.624. The van der Waals surface area contributed by atoms with E-state index in [9.17, 15) is 0 Å². The Morgan fingerprint density at radius 1 is 0.714 bits per heavy atom. The molecule has 4 fully saturated rings. The Bertz CT molecular complexity index is 512. The molecule has 0 amide bonds. The van der Waals surface area contributed by atoms with Crippen molar-refractivity contribution in [3.8, 4) is 0 Å². The standard InChI is InChI=1S/C25H47N3/c1-21(2)16-24(6-7-24)20-26-10-8-25(9-11-26)17-23(5,18-25)19-27-12-14-28(15-13-27)22(3)4/h21-22H,6-20H2,1-5H3. The molecule has 0 aromatic rings. The SMILES string of the molecule is CC(C)CC1(CN2CCC3(CC2)CC(C)(CN2CCN(C(C)C)CC2)C3)CC1. The van der Waals surface area contributed by atoms with E-state index in [0.717, 1.165) is 5.92 Å². The number of likely N-dealkylation sites (tertiary alicyclic amines) is 1. The molecule has 0 bridgehead atoms. The van der Waals surface area contributed by atoms with Crippen molar-refractivity contribution in [1.29, 1.82) is 0 Å². The molecule has 2 heterocycles. The van der Waals surface area contributed by atoms with Crippen LogP contribution in [0.4, 0.5) is 0 Å². The van der Waals surface area contributed by atoms with Gasteiger partial charge < -0.3 is 9.80 Å². The first-order valence-corrected chi connectivity index (χ1v) is 12.4. The zero-order chi connectivity index (χ0) is 20.0. The summed E-state index contributed by atoms with van der Waals surface area (Å²) in [5.41, 5.74) is 2.02. The topological polar surface area (TPSA) is 9.72 Å². The molecule has 28 heavy (non-hydrogen) atoms. The van der Waals surface area contributed by atoms with Gasteiger partial charge in [-0.3, -0.25) is 4.90 Å². The largest absolute Gasteiger partial charge is 0.303 e. The average Bonchev–Trinajstić information content (AvgIpc) is 3.34. The van der Waals surface area contributed by atoms with Crippen molar-refractivity contribution in [3.05, 3.63) is 0 Å². The van der Waals surface area contributed by atoms with Crippen molar-refractivity contribution < 1.29 is 0 Å². The summed E-state index contributed by atoms with van der Waals surface area (Å²) in [4.78, 5) is 8.24. The minimum atomic E-state index is 0.595. The van der Waals surface area contributed by atoms with Crippen LogP contribution in [0.3, 0.4) is 0 Å². The highest BCUT2D eigenvalue weighted by molar-refractivity contribution is 5.05. The van der Waals surface area contributed by atoms with Crippen LogP contribution in [0.15, 0.2) is 0 Å². The van der Waals surface area contributed by atoms with Gasteiger partial charge in [0.05, 0.1) is 0 Å². The van der Waals surface area contributed by atoms with Gasteiger partial charge in [0.25, 0.3) is 0 Å². The lowest BCUT2D eigenvalue weighted by molar-refractivity contribution is -0.0911. The fourth-order valence-corrected chi connectivity index (χ4v) is 7.33. The van der Waals surface area contributed by atoms with Gasteiger partial charge in [-0.05, 0) is 94.0 Å². The maximum absolute atomic E-state index is 2.83. The maximum Gasteiger partial charge on any atom is 0.0113 e. The van der Waals surface area contributed by atoms with Gasteiger partial charge in [-0.2, -0.15) is 0 Å². The highest BCUT2D eigenvalue weighted by atomic mass is 15.3. The number of hydrogen-bond acceptors (Lipinski definition) is 3. The lowest BCUT2D eigenvalue weighted by atomic mass is 9.50. The Kier molecular flexibility index (Phi) is 5.92. The van der Waals surface area contributed by atoms with Crippen LogP contribution in [-0.2, 0) is 0 Å². The summed E-state index contributed by atoms with van der Waals surface area (Å²) in [6, 6.07) is 0.713. The second-order valence-corrected chi connectivity index (χ2v) is 12.4. The predicted octanol–water partition coefficient (Wildman–Crippen LogP) is 4.72. The normalized spacial score (nSPS) is 30.1. The van der Waals surface area contributed by atoms with E-state index in [1.807, 2.05) is 0 Å². The third-order valence-electron chi connectivity index (χ3n) is 8.62. The third-order valence-corrected chi connectivity index (χ3v) is 8.62. The van der Waals surface area contributed by atoms with Gasteiger partial charge in [-0.1, -0.05) is 20.8 Å². The molecule has 2 saturated carbocycles. The minimum Gasteiger partial charge on any atom is -0.303 e. The van der Waals surface area contributed by atoms with E-state index in [1.165, 1.54) is 97.3 Å². The van der Waals surface area contributed by atoms with E-state index in [2.05, 4.69) is 49.3 Å². The van der Waals surface area contributed by atoms with E-state index < -0.39 is 0 Å². The van der Waals surface area contributed by atoms with Gasteiger partial charge in [-0.15, -0.1) is 0 Å². The molecule has 2 aliphatic heterocycles. The lowest BCUT2D eigenvalue weighted by Gasteiger charge is -2.59. The zero-order valence-corrected chi connectivity index (χ0v) is 19.6. The molecule has 0 aromatic carbocycles. The van der Waals surface area contributed by atoms with Crippen molar-refractivity contribution in [2.24, 2.45) is 22.2 Å². The molecule has 2 saturated heterocycles. The second-order valence-electron chi connectivity index (χ2n) is 12.4. The van der Waals surface area contributed by atoms with E-state index in [-0.39, 0.29) is 0 Å². The smallest absolute Gasteiger partial charge is 0.0113 e. The second kappa shape index (κ2) is 7.85. The van der Waals surface area contributed by atoms with E-state index >= 15 is 0 Å². The molecule has 162 valence electrons. The van der Waals surface area contributed by atoms with Gasteiger partial charge in [-0.25, -0.2) is 0 Å². The minimum absolute atomic E-state index is 0.595. The van der Waals surface area contributed by atoms with Gasteiger partial charge in [0, 0.05) is 45.3 Å². The van der Waals surface area contributed by atoms with Crippen molar-refractivity contribution in [2.45, 2.75) is 85.6 Å². The van der Waals surface area contributed by atoms with Gasteiger partial charge >= 0.3 is 0 Å². The molecule has 4 rings (SSSR count). The molecular formula is C25H47N3. The Morgan fingerprint density at radius 2 is 1.29 bits per heavy atom. The first-order valence-electron chi connectivity index (χ1n) is 12.4. The number of piperazine rings is 1. The highest BCUT2D eigenvalue weighted by Gasteiger charge is 2.53. The first kappa shape index (κ1) is 21.1. The van der Waals surface area contributed by atoms with Crippen LogP contribution in [0.2, 0.25) is 0 Å². The van der Waals surface area contributed by atoms with Crippen LogP contribution < -0.4 is 0 Å². The summed E-state index contributed by atoms with van der Waals surface area (Å²) in [6.45, 7) is 22.7. The van der Waals surface area contributed by atoms with Crippen LogP contribution in [0.5, 0.6) is 0 Å². The molecule has 1 spiro atoms. The zero-order valence-electron chi connectivity index (χ0n) is 19.6. The van der Waals surface area contributed by atoms with Crippen LogP contribution in [0.1, 0.15) is 79.6 Å². The first-order chi connectivity index (χ1) is 13.2. The van der Waals surface area contributed by atoms with E-state index in [0.29, 0.717) is 22.3 Å². The summed E-state index contributed by atoms with van der Waals surface area (Å²) < 4.78 is 0. The van der Waals surface area contributed by atoms with Crippen molar-refractivity contribution in [1.82, 2.24) is 14.7 Å². The van der Waals surface area contributed by atoms with Crippen molar-refractivity contribution in [2.75, 3.05) is 52.4 Å². The lowest BCUT2D eigenvalue weighted by Crippen LogP contribution is -2.57. The molecule has 2 aliphatic carbocycles. The fraction of sp³-hybridized carbons (Fsp3) is 1.00. The van der Waals surface area contributed by atoms with E-state index in [1.54, 1.807) is 0 Å². The van der Waals surface area contributed by atoms with E-state index in [4.69, 9.17) is 0 Å². The number of piperidine rings is 1. The van der Waals surface area contributed by atoms with Gasteiger partial charge in [0.1, 0.15) is 0 Å². The number of rotatable bonds is 7. The molecule has 3 heteroatoms.